The van der Waals surface area contributed by atoms with E-state index in [1.165, 1.54) is 5.56 Å². The van der Waals surface area contributed by atoms with Crippen molar-refractivity contribution in [3.8, 4) is 0 Å². The highest BCUT2D eigenvalue weighted by Gasteiger charge is 2.13. The van der Waals surface area contributed by atoms with E-state index in [1.54, 1.807) is 0 Å². The summed E-state index contributed by atoms with van der Waals surface area (Å²) in [5.74, 6) is 0. The number of nitrogens with one attached hydrogen (secondary N) is 1. The minimum atomic E-state index is -0.465. The lowest BCUT2D eigenvalue weighted by atomic mass is 10.0. The predicted molar refractivity (Wildman–Crippen MR) is 83.4 cm³/mol. The van der Waals surface area contributed by atoms with E-state index in [0.29, 0.717) is 6.42 Å². The van der Waals surface area contributed by atoms with Crippen molar-refractivity contribution in [1.82, 2.24) is 5.32 Å². The number of rotatable bonds is 7. The molecule has 2 unspecified atom stereocenters. The van der Waals surface area contributed by atoms with Gasteiger partial charge in [-0.1, -0.05) is 60.7 Å². The molecule has 0 aliphatic carbocycles. The van der Waals surface area contributed by atoms with E-state index >= 15 is 0 Å². The summed E-state index contributed by atoms with van der Waals surface area (Å²) >= 11 is 0. The van der Waals surface area contributed by atoms with Crippen LogP contribution in [0.1, 0.15) is 11.1 Å². The van der Waals surface area contributed by atoms with E-state index in [0.717, 1.165) is 18.5 Å². The minimum absolute atomic E-state index is 0.154. The zero-order valence-electron chi connectivity index (χ0n) is 11.7. The Morgan fingerprint density at radius 3 is 2.05 bits per heavy atom. The van der Waals surface area contributed by atoms with Gasteiger partial charge in [0.15, 0.2) is 0 Å². The summed E-state index contributed by atoms with van der Waals surface area (Å²) in [6.45, 7) is 4.83. The van der Waals surface area contributed by atoms with Gasteiger partial charge in [0.1, 0.15) is 0 Å². The molecule has 2 atom stereocenters. The van der Waals surface area contributed by atoms with E-state index in [2.05, 4.69) is 24.4 Å². The van der Waals surface area contributed by atoms with Crippen molar-refractivity contribution in [3.63, 3.8) is 0 Å². The molecule has 1 radical (unpaired) electrons. The molecule has 0 saturated carbocycles. The Morgan fingerprint density at radius 1 is 0.900 bits per heavy atom. The van der Waals surface area contributed by atoms with E-state index in [9.17, 15) is 5.11 Å². The summed E-state index contributed by atoms with van der Waals surface area (Å²) in [5.41, 5.74) is 2.43. The number of benzene rings is 2. The van der Waals surface area contributed by atoms with Crippen molar-refractivity contribution in [2.75, 3.05) is 6.54 Å². The maximum atomic E-state index is 10.1. The first-order chi connectivity index (χ1) is 9.75. The normalized spacial score (nSPS) is 13.9. The van der Waals surface area contributed by atoms with Gasteiger partial charge in [0, 0.05) is 6.04 Å². The van der Waals surface area contributed by atoms with Crippen LogP contribution in [-0.4, -0.2) is 23.8 Å². The third-order valence-electron chi connectivity index (χ3n) is 3.42. The lowest BCUT2D eigenvalue weighted by Crippen LogP contribution is -2.39. The van der Waals surface area contributed by atoms with Crippen LogP contribution in [0.2, 0.25) is 0 Å². The highest BCUT2D eigenvalue weighted by Crippen LogP contribution is 2.06. The summed E-state index contributed by atoms with van der Waals surface area (Å²) in [6, 6.07) is 20.2. The molecule has 0 heterocycles. The maximum absolute atomic E-state index is 10.1. The van der Waals surface area contributed by atoms with Gasteiger partial charge in [0.25, 0.3) is 0 Å². The SMILES string of the molecule is [CH2]C(NCCc1ccccc1)C(O)Cc1ccccc1. The quantitative estimate of drug-likeness (QED) is 0.809. The van der Waals surface area contributed by atoms with Gasteiger partial charge in [-0.25, -0.2) is 0 Å². The monoisotopic (exact) mass is 268 g/mol. The van der Waals surface area contributed by atoms with Crippen molar-refractivity contribution < 1.29 is 5.11 Å². The first-order valence-electron chi connectivity index (χ1n) is 7.08. The first-order valence-corrected chi connectivity index (χ1v) is 7.08. The van der Waals surface area contributed by atoms with Gasteiger partial charge in [0.05, 0.1) is 6.10 Å². The molecule has 2 nitrogen and oxygen atoms in total. The molecule has 2 rings (SSSR count). The van der Waals surface area contributed by atoms with Gasteiger partial charge in [-0.15, -0.1) is 0 Å². The van der Waals surface area contributed by atoms with Gasteiger partial charge in [-0.05, 0) is 37.4 Å². The molecule has 2 aromatic rings. The van der Waals surface area contributed by atoms with Crippen LogP contribution in [0, 0.1) is 6.92 Å². The molecule has 0 aromatic heterocycles. The molecule has 0 amide bonds. The average Bonchev–Trinajstić information content (AvgIpc) is 2.49. The third-order valence-corrected chi connectivity index (χ3v) is 3.42. The topological polar surface area (TPSA) is 32.3 Å². The van der Waals surface area contributed by atoms with Crippen LogP contribution in [0.25, 0.3) is 0 Å². The summed E-state index contributed by atoms with van der Waals surface area (Å²) in [6.07, 6.45) is 1.12. The van der Waals surface area contributed by atoms with Crippen molar-refractivity contribution in [2.45, 2.75) is 25.0 Å². The number of hydrogen-bond donors (Lipinski definition) is 2. The molecule has 2 aromatic carbocycles. The first kappa shape index (κ1) is 14.8. The molecular formula is C18H22NO. The molecule has 0 bridgehead atoms. The molecule has 20 heavy (non-hydrogen) atoms. The van der Waals surface area contributed by atoms with Crippen molar-refractivity contribution in [2.24, 2.45) is 0 Å². The van der Waals surface area contributed by atoms with Gasteiger partial charge in [0.2, 0.25) is 0 Å². The van der Waals surface area contributed by atoms with E-state index < -0.39 is 6.10 Å². The summed E-state index contributed by atoms with van der Waals surface area (Å²) in [7, 11) is 0. The molecule has 0 fully saturated rings. The average molecular weight is 268 g/mol. The van der Waals surface area contributed by atoms with Crippen LogP contribution in [0.4, 0.5) is 0 Å². The van der Waals surface area contributed by atoms with Crippen LogP contribution in [-0.2, 0) is 12.8 Å². The molecule has 2 heteroatoms. The Morgan fingerprint density at radius 2 is 1.45 bits per heavy atom. The van der Waals surface area contributed by atoms with Crippen LogP contribution in [0.15, 0.2) is 60.7 Å². The Labute approximate surface area is 121 Å². The lowest BCUT2D eigenvalue weighted by Gasteiger charge is -2.20. The van der Waals surface area contributed by atoms with Gasteiger partial charge in [-0.2, -0.15) is 0 Å². The van der Waals surface area contributed by atoms with Crippen LogP contribution in [0.3, 0.4) is 0 Å². The van der Waals surface area contributed by atoms with Gasteiger partial charge < -0.3 is 10.4 Å². The third kappa shape index (κ3) is 4.80. The van der Waals surface area contributed by atoms with E-state index in [-0.39, 0.29) is 6.04 Å². The molecule has 0 saturated heterocycles. The number of aliphatic hydroxyl groups is 1. The second-order valence-corrected chi connectivity index (χ2v) is 5.05. The van der Waals surface area contributed by atoms with Crippen LogP contribution >= 0.6 is 0 Å². The second kappa shape index (κ2) is 7.83. The molecule has 0 spiro atoms. The van der Waals surface area contributed by atoms with Crippen molar-refractivity contribution in [1.29, 1.82) is 0 Å². The van der Waals surface area contributed by atoms with Crippen molar-refractivity contribution >= 4 is 0 Å². The van der Waals surface area contributed by atoms with E-state index in [1.807, 2.05) is 48.5 Å². The molecule has 0 aliphatic heterocycles. The Balaban J connectivity index is 1.73. The zero-order valence-corrected chi connectivity index (χ0v) is 11.7. The smallest absolute Gasteiger partial charge is 0.0733 e. The number of hydrogen-bond acceptors (Lipinski definition) is 2. The summed E-state index contributed by atoms with van der Waals surface area (Å²) in [4.78, 5) is 0. The summed E-state index contributed by atoms with van der Waals surface area (Å²) < 4.78 is 0. The van der Waals surface area contributed by atoms with Crippen LogP contribution in [0.5, 0.6) is 0 Å². The Kier molecular flexibility index (Phi) is 5.78. The standard InChI is InChI=1S/C18H22NO/c1-15(18(20)14-17-10-6-3-7-11-17)19-13-12-16-8-4-2-5-9-16/h2-11,15,18-20H,1,12-14H2. The zero-order chi connectivity index (χ0) is 14.2. The second-order valence-electron chi connectivity index (χ2n) is 5.05. The van der Waals surface area contributed by atoms with Gasteiger partial charge in [-0.3, -0.25) is 0 Å². The Bertz CT molecular complexity index is 483. The minimum Gasteiger partial charge on any atom is -0.391 e. The fourth-order valence-electron chi connectivity index (χ4n) is 2.18. The molecular weight excluding hydrogens is 246 g/mol. The fourth-order valence-corrected chi connectivity index (χ4v) is 2.18. The summed E-state index contributed by atoms with van der Waals surface area (Å²) in [5, 5.41) is 13.4. The Hall–Kier alpha value is -1.64. The maximum Gasteiger partial charge on any atom is 0.0733 e. The lowest BCUT2D eigenvalue weighted by molar-refractivity contribution is 0.145. The predicted octanol–water partition coefficient (Wildman–Crippen LogP) is 2.62. The molecule has 105 valence electrons. The molecule has 2 N–H and O–H groups in total. The van der Waals surface area contributed by atoms with Gasteiger partial charge >= 0.3 is 0 Å². The fraction of sp³-hybridized carbons (Fsp3) is 0.278. The highest BCUT2D eigenvalue weighted by atomic mass is 16.3. The highest BCUT2D eigenvalue weighted by molar-refractivity contribution is 5.16. The van der Waals surface area contributed by atoms with E-state index in [4.69, 9.17) is 0 Å². The number of aliphatic hydroxyl groups excluding tert-OH is 1. The largest absolute Gasteiger partial charge is 0.391 e. The van der Waals surface area contributed by atoms with Crippen LogP contribution < -0.4 is 5.32 Å². The van der Waals surface area contributed by atoms with Crippen molar-refractivity contribution in [3.05, 3.63) is 78.7 Å². The molecule has 0 aliphatic rings.